The summed E-state index contributed by atoms with van der Waals surface area (Å²) in [5.41, 5.74) is 9.14. The van der Waals surface area contributed by atoms with Crippen LogP contribution in [0, 0.1) is 12.8 Å². The van der Waals surface area contributed by atoms with Gasteiger partial charge in [-0.2, -0.15) is 0 Å². The fourth-order valence-electron chi connectivity index (χ4n) is 1.88. The molecule has 2 atom stereocenters. The van der Waals surface area contributed by atoms with Gasteiger partial charge in [0.25, 0.3) is 0 Å². The molecule has 2 rings (SSSR count). The summed E-state index contributed by atoms with van der Waals surface area (Å²) in [5, 5.41) is 3.50. The summed E-state index contributed by atoms with van der Waals surface area (Å²) < 4.78 is 0. The van der Waals surface area contributed by atoms with Gasteiger partial charge in [0.2, 0.25) is 0 Å². The number of aryl methyl sites for hydroxylation is 1. The zero-order valence-corrected chi connectivity index (χ0v) is 8.88. The van der Waals surface area contributed by atoms with E-state index >= 15 is 0 Å². The van der Waals surface area contributed by atoms with Crippen LogP contribution in [0.1, 0.15) is 25.3 Å². The van der Waals surface area contributed by atoms with Gasteiger partial charge in [0, 0.05) is 6.04 Å². The summed E-state index contributed by atoms with van der Waals surface area (Å²) in [7, 11) is 0. The van der Waals surface area contributed by atoms with Gasteiger partial charge >= 0.3 is 0 Å². The second-order valence-electron chi connectivity index (χ2n) is 4.19. The number of para-hydroxylation sites is 1. The van der Waals surface area contributed by atoms with Gasteiger partial charge in [0.1, 0.15) is 0 Å². The lowest BCUT2D eigenvalue weighted by molar-refractivity contribution is 0.775. The quantitative estimate of drug-likeness (QED) is 0.719. The van der Waals surface area contributed by atoms with E-state index in [-0.39, 0.29) is 0 Å². The largest absolute Gasteiger partial charge is 0.397 e. The van der Waals surface area contributed by atoms with E-state index in [0.717, 1.165) is 22.9 Å². The van der Waals surface area contributed by atoms with E-state index in [1.54, 1.807) is 0 Å². The molecule has 0 heterocycles. The first-order chi connectivity index (χ1) is 6.72. The molecule has 3 N–H and O–H groups in total. The Kier molecular flexibility index (Phi) is 2.36. The molecule has 1 saturated carbocycles. The van der Waals surface area contributed by atoms with Crippen LogP contribution in [0.3, 0.4) is 0 Å². The van der Waals surface area contributed by atoms with Crippen LogP contribution in [-0.2, 0) is 0 Å². The van der Waals surface area contributed by atoms with Crippen LogP contribution in [0.2, 0.25) is 0 Å². The van der Waals surface area contributed by atoms with E-state index in [0.29, 0.717) is 6.04 Å². The molecule has 0 aromatic heterocycles. The SMILES string of the molecule is CCC1CC1Nc1cccc(C)c1N. The standard InChI is InChI=1S/C12H18N2/c1-3-9-7-11(9)14-10-6-4-5-8(2)12(10)13/h4-6,9,11,14H,3,7,13H2,1-2H3. The number of benzene rings is 1. The number of nitrogen functional groups attached to an aromatic ring is 1. The monoisotopic (exact) mass is 190 g/mol. The molecule has 1 aliphatic carbocycles. The molecular weight excluding hydrogens is 172 g/mol. The van der Waals surface area contributed by atoms with Crippen molar-refractivity contribution in [2.45, 2.75) is 32.7 Å². The molecule has 76 valence electrons. The van der Waals surface area contributed by atoms with E-state index in [9.17, 15) is 0 Å². The van der Waals surface area contributed by atoms with Crippen molar-refractivity contribution in [2.24, 2.45) is 5.92 Å². The normalized spacial score (nSPS) is 24.7. The first-order valence-electron chi connectivity index (χ1n) is 5.34. The third kappa shape index (κ3) is 1.69. The Balaban J connectivity index is 2.07. The smallest absolute Gasteiger partial charge is 0.0579 e. The zero-order valence-electron chi connectivity index (χ0n) is 8.88. The van der Waals surface area contributed by atoms with E-state index in [1.165, 1.54) is 12.8 Å². The van der Waals surface area contributed by atoms with Crippen LogP contribution in [0.5, 0.6) is 0 Å². The van der Waals surface area contributed by atoms with Gasteiger partial charge in [-0.15, -0.1) is 0 Å². The maximum Gasteiger partial charge on any atom is 0.0579 e. The number of nitrogens with one attached hydrogen (secondary N) is 1. The van der Waals surface area contributed by atoms with Crippen molar-refractivity contribution in [1.82, 2.24) is 0 Å². The van der Waals surface area contributed by atoms with Crippen molar-refractivity contribution >= 4 is 11.4 Å². The minimum atomic E-state index is 0.657. The maximum atomic E-state index is 5.98. The lowest BCUT2D eigenvalue weighted by atomic mass is 10.1. The molecule has 0 saturated heterocycles. The van der Waals surface area contributed by atoms with Crippen molar-refractivity contribution in [3.8, 4) is 0 Å². The van der Waals surface area contributed by atoms with Crippen molar-refractivity contribution < 1.29 is 0 Å². The fraction of sp³-hybridized carbons (Fsp3) is 0.500. The molecule has 0 spiro atoms. The summed E-state index contributed by atoms with van der Waals surface area (Å²) in [6.45, 7) is 4.29. The minimum absolute atomic E-state index is 0.657. The van der Waals surface area contributed by atoms with Crippen LogP contribution >= 0.6 is 0 Å². The second-order valence-corrected chi connectivity index (χ2v) is 4.19. The molecular formula is C12H18N2. The number of anilines is 2. The van der Waals surface area contributed by atoms with Gasteiger partial charge in [0.15, 0.2) is 0 Å². The fourth-order valence-corrected chi connectivity index (χ4v) is 1.88. The van der Waals surface area contributed by atoms with Gasteiger partial charge in [-0.3, -0.25) is 0 Å². The van der Waals surface area contributed by atoms with Gasteiger partial charge in [-0.05, 0) is 30.9 Å². The second kappa shape index (κ2) is 3.52. The average molecular weight is 190 g/mol. The lowest BCUT2D eigenvalue weighted by Gasteiger charge is -2.10. The molecule has 2 unspecified atom stereocenters. The number of nitrogens with two attached hydrogens (primary N) is 1. The van der Waals surface area contributed by atoms with Gasteiger partial charge in [0.05, 0.1) is 11.4 Å². The van der Waals surface area contributed by atoms with Gasteiger partial charge in [-0.1, -0.05) is 25.5 Å². The highest BCUT2D eigenvalue weighted by atomic mass is 15.0. The highest BCUT2D eigenvalue weighted by Crippen LogP contribution is 2.37. The average Bonchev–Trinajstić information content (AvgIpc) is 2.92. The Morgan fingerprint density at radius 3 is 2.93 bits per heavy atom. The highest BCUT2D eigenvalue weighted by molar-refractivity contribution is 5.70. The summed E-state index contributed by atoms with van der Waals surface area (Å²) in [5.74, 6) is 0.856. The van der Waals surface area contributed by atoms with Gasteiger partial charge < -0.3 is 11.1 Å². The Morgan fingerprint density at radius 2 is 2.29 bits per heavy atom. The topological polar surface area (TPSA) is 38.0 Å². The van der Waals surface area contributed by atoms with E-state index in [1.807, 2.05) is 13.0 Å². The summed E-state index contributed by atoms with van der Waals surface area (Å²) >= 11 is 0. The van der Waals surface area contributed by atoms with Crippen molar-refractivity contribution in [3.63, 3.8) is 0 Å². The summed E-state index contributed by atoms with van der Waals surface area (Å²) in [4.78, 5) is 0. The van der Waals surface area contributed by atoms with Crippen LogP contribution in [0.15, 0.2) is 18.2 Å². The lowest BCUT2D eigenvalue weighted by Crippen LogP contribution is -2.07. The Labute approximate surface area is 85.5 Å². The van der Waals surface area contributed by atoms with Crippen LogP contribution in [0.25, 0.3) is 0 Å². The Bertz CT molecular complexity index is 333. The number of hydrogen-bond acceptors (Lipinski definition) is 2. The summed E-state index contributed by atoms with van der Waals surface area (Å²) in [6, 6.07) is 6.82. The van der Waals surface area contributed by atoms with Crippen LogP contribution in [-0.4, -0.2) is 6.04 Å². The third-order valence-electron chi connectivity index (χ3n) is 3.11. The molecule has 0 radical (unpaired) electrons. The van der Waals surface area contributed by atoms with E-state index in [4.69, 9.17) is 5.73 Å². The molecule has 2 heteroatoms. The first kappa shape index (κ1) is 9.38. The number of rotatable bonds is 3. The molecule has 0 bridgehead atoms. The third-order valence-corrected chi connectivity index (χ3v) is 3.11. The van der Waals surface area contributed by atoms with E-state index in [2.05, 4.69) is 24.4 Å². The predicted octanol–water partition coefficient (Wildman–Crippen LogP) is 2.79. The molecule has 2 nitrogen and oxygen atoms in total. The molecule has 0 aliphatic heterocycles. The Morgan fingerprint density at radius 1 is 1.50 bits per heavy atom. The van der Waals surface area contributed by atoms with Gasteiger partial charge in [-0.25, -0.2) is 0 Å². The van der Waals surface area contributed by atoms with Crippen molar-refractivity contribution in [3.05, 3.63) is 23.8 Å². The first-order valence-corrected chi connectivity index (χ1v) is 5.34. The minimum Gasteiger partial charge on any atom is -0.397 e. The molecule has 14 heavy (non-hydrogen) atoms. The van der Waals surface area contributed by atoms with Crippen LogP contribution < -0.4 is 11.1 Å². The molecule has 1 aromatic rings. The number of hydrogen-bond donors (Lipinski definition) is 2. The zero-order chi connectivity index (χ0) is 10.1. The van der Waals surface area contributed by atoms with Crippen LogP contribution in [0.4, 0.5) is 11.4 Å². The summed E-state index contributed by atoms with van der Waals surface area (Å²) in [6.07, 6.45) is 2.56. The Hall–Kier alpha value is -1.18. The highest BCUT2D eigenvalue weighted by Gasteiger charge is 2.35. The molecule has 1 fully saturated rings. The maximum absolute atomic E-state index is 5.98. The predicted molar refractivity (Wildman–Crippen MR) is 61.4 cm³/mol. The molecule has 0 amide bonds. The van der Waals surface area contributed by atoms with Crippen molar-refractivity contribution in [1.29, 1.82) is 0 Å². The molecule has 1 aliphatic rings. The molecule has 1 aromatic carbocycles. The van der Waals surface area contributed by atoms with E-state index < -0.39 is 0 Å². The van der Waals surface area contributed by atoms with Crippen molar-refractivity contribution in [2.75, 3.05) is 11.1 Å².